The van der Waals surface area contributed by atoms with Crippen LogP contribution in [-0.2, 0) is 19.9 Å². The first-order chi connectivity index (χ1) is 12.0. The molecule has 1 atom stereocenters. The first-order valence-corrected chi connectivity index (χ1v) is 11.1. The predicted octanol–water partition coefficient (Wildman–Crippen LogP) is 1.81. The number of nitrogens with one attached hydrogen (secondary N) is 1. The molecular weight excluding hydrogens is 379 g/mol. The summed E-state index contributed by atoms with van der Waals surface area (Å²) in [5.41, 5.74) is 0.644. The van der Waals surface area contributed by atoms with Crippen LogP contribution in [0.2, 0.25) is 0 Å². The van der Waals surface area contributed by atoms with Gasteiger partial charge in [-0.25, -0.2) is 25.9 Å². The summed E-state index contributed by atoms with van der Waals surface area (Å²) in [7, 11) is -3.70. The summed E-state index contributed by atoms with van der Waals surface area (Å²) in [6.07, 6.45) is 1.05. The van der Waals surface area contributed by atoms with Crippen molar-refractivity contribution in [2.24, 2.45) is 0 Å². The molecule has 0 aliphatic rings. The number of sulfone groups is 1. The second-order valence-corrected chi connectivity index (χ2v) is 9.91. The van der Waals surface area contributed by atoms with Crippen molar-refractivity contribution < 1.29 is 21.2 Å². The van der Waals surface area contributed by atoms with E-state index in [1.807, 2.05) is 0 Å². The molecule has 0 heterocycles. The molecule has 6 nitrogen and oxygen atoms in total. The number of hydrogen-bond acceptors (Lipinski definition) is 5. The van der Waals surface area contributed by atoms with Crippen LogP contribution in [0, 0.1) is 5.82 Å². The van der Waals surface area contributed by atoms with E-state index in [0.29, 0.717) is 5.56 Å². The number of nitrogens with zero attached hydrogens (tertiary/aromatic N) is 1. The Morgan fingerprint density at radius 2 is 1.58 bits per heavy atom. The van der Waals surface area contributed by atoms with Gasteiger partial charge < -0.3 is 4.90 Å². The molecule has 9 heteroatoms. The van der Waals surface area contributed by atoms with Crippen molar-refractivity contribution in [1.82, 2.24) is 9.62 Å². The molecule has 0 aromatic heterocycles. The van der Waals surface area contributed by atoms with Crippen molar-refractivity contribution in [1.29, 1.82) is 0 Å². The van der Waals surface area contributed by atoms with Gasteiger partial charge in [-0.1, -0.05) is 12.1 Å². The number of halogens is 1. The van der Waals surface area contributed by atoms with Crippen LogP contribution in [0.3, 0.4) is 0 Å². The maximum atomic E-state index is 13.5. The van der Waals surface area contributed by atoms with Gasteiger partial charge in [0.1, 0.15) is 5.82 Å². The van der Waals surface area contributed by atoms with E-state index in [-0.39, 0.29) is 22.4 Å². The molecule has 2 aromatic carbocycles. The lowest BCUT2D eigenvalue weighted by Crippen LogP contribution is -2.34. The monoisotopic (exact) mass is 400 g/mol. The number of benzene rings is 2. The number of rotatable bonds is 7. The normalized spacial score (nSPS) is 13.7. The van der Waals surface area contributed by atoms with Gasteiger partial charge in [0.05, 0.1) is 9.79 Å². The summed E-state index contributed by atoms with van der Waals surface area (Å²) in [5, 5.41) is 0. The van der Waals surface area contributed by atoms with Crippen molar-refractivity contribution >= 4 is 19.9 Å². The molecule has 0 aliphatic heterocycles. The zero-order chi connectivity index (χ0) is 19.5. The molecule has 0 bridgehead atoms. The Kier molecular flexibility index (Phi) is 6.17. The Balaban J connectivity index is 2.20. The molecule has 0 spiro atoms. The van der Waals surface area contributed by atoms with Gasteiger partial charge in [-0.05, 0) is 56.1 Å². The highest BCUT2D eigenvalue weighted by atomic mass is 32.2. The third-order valence-electron chi connectivity index (χ3n) is 3.89. The number of hydrogen-bond donors (Lipinski definition) is 1. The van der Waals surface area contributed by atoms with E-state index in [2.05, 4.69) is 4.72 Å². The Morgan fingerprint density at radius 1 is 1.00 bits per heavy atom. The molecule has 0 amide bonds. The Morgan fingerprint density at radius 3 is 2.08 bits per heavy atom. The molecule has 0 fully saturated rings. The molecule has 2 rings (SSSR count). The highest BCUT2D eigenvalue weighted by Crippen LogP contribution is 2.20. The topological polar surface area (TPSA) is 83.6 Å². The lowest BCUT2D eigenvalue weighted by molar-refractivity contribution is 0.299. The predicted molar refractivity (Wildman–Crippen MR) is 97.6 cm³/mol. The fraction of sp³-hybridized carbons (Fsp3) is 0.294. The first-order valence-electron chi connectivity index (χ1n) is 7.72. The van der Waals surface area contributed by atoms with Crippen LogP contribution < -0.4 is 4.72 Å². The second kappa shape index (κ2) is 7.83. The Labute approximate surface area is 153 Å². The van der Waals surface area contributed by atoms with Crippen molar-refractivity contribution in [3.8, 4) is 0 Å². The van der Waals surface area contributed by atoms with Crippen molar-refractivity contribution in [2.45, 2.75) is 15.8 Å². The number of likely N-dealkylation sites (N-methyl/N-ethyl adjacent to an activating group) is 1. The third kappa shape index (κ3) is 5.10. The minimum atomic E-state index is -3.83. The molecular formula is C17H21FN2O4S2. The van der Waals surface area contributed by atoms with E-state index >= 15 is 0 Å². The molecule has 26 heavy (non-hydrogen) atoms. The van der Waals surface area contributed by atoms with Crippen molar-refractivity contribution in [3.05, 3.63) is 59.9 Å². The summed E-state index contributed by atoms with van der Waals surface area (Å²) in [5.74, 6) is -0.395. The van der Waals surface area contributed by atoms with Crippen molar-refractivity contribution in [3.63, 3.8) is 0 Å². The molecule has 142 valence electrons. The molecule has 2 aromatic rings. The van der Waals surface area contributed by atoms with E-state index < -0.39 is 25.7 Å². The van der Waals surface area contributed by atoms with E-state index in [9.17, 15) is 21.2 Å². The van der Waals surface area contributed by atoms with Gasteiger partial charge in [-0.3, -0.25) is 0 Å². The molecule has 1 unspecified atom stereocenters. The smallest absolute Gasteiger partial charge is 0.240 e. The second-order valence-electron chi connectivity index (χ2n) is 6.13. The minimum absolute atomic E-state index is 0.0343. The van der Waals surface area contributed by atoms with Gasteiger partial charge in [0.25, 0.3) is 0 Å². The van der Waals surface area contributed by atoms with Gasteiger partial charge in [0.15, 0.2) is 9.84 Å². The SMILES string of the molecule is CN(C)C(CNS(=O)(=O)c1ccc(S(C)(=O)=O)cc1)c1cccc(F)c1. The van der Waals surface area contributed by atoms with Crippen LogP contribution in [0.1, 0.15) is 11.6 Å². The highest BCUT2D eigenvalue weighted by molar-refractivity contribution is 7.90. The number of sulfonamides is 1. The molecule has 1 N–H and O–H groups in total. The van der Waals surface area contributed by atoms with Crippen LogP contribution in [0.25, 0.3) is 0 Å². The summed E-state index contributed by atoms with van der Waals surface area (Å²) in [6, 6.07) is 10.6. The molecule has 0 saturated heterocycles. The fourth-order valence-electron chi connectivity index (χ4n) is 2.45. The van der Waals surface area contributed by atoms with Crippen LogP contribution >= 0.6 is 0 Å². The third-order valence-corrected chi connectivity index (χ3v) is 6.45. The summed E-state index contributed by atoms with van der Waals surface area (Å²) in [4.78, 5) is 1.79. The van der Waals surface area contributed by atoms with Gasteiger partial charge >= 0.3 is 0 Å². The fourth-order valence-corrected chi connectivity index (χ4v) is 4.12. The van der Waals surface area contributed by atoms with Crippen LogP contribution in [0.5, 0.6) is 0 Å². The van der Waals surface area contributed by atoms with Gasteiger partial charge in [0.2, 0.25) is 10.0 Å². The van der Waals surface area contributed by atoms with Crippen LogP contribution in [0.4, 0.5) is 4.39 Å². The molecule has 0 aliphatic carbocycles. The highest BCUT2D eigenvalue weighted by Gasteiger charge is 2.20. The van der Waals surface area contributed by atoms with Gasteiger partial charge in [-0.15, -0.1) is 0 Å². The standard InChI is InChI=1S/C17H21FN2O4S2/c1-20(2)17(13-5-4-6-14(18)11-13)12-19-26(23,24)16-9-7-15(8-10-16)25(3,21)22/h4-11,17,19H,12H2,1-3H3. The van der Waals surface area contributed by atoms with E-state index in [0.717, 1.165) is 6.26 Å². The largest absolute Gasteiger partial charge is 0.301 e. The molecule has 0 saturated carbocycles. The zero-order valence-electron chi connectivity index (χ0n) is 14.7. The van der Waals surface area contributed by atoms with Crippen molar-refractivity contribution in [2.75, 3.05) is 26.9 Å². The van der Waals surface area contributed by atoms with Gasteiger partial charge in [-0.2, -0.15) is 0 Å². The summed E-state index contributed by atoms with van der Waals surface area (Å²) >= 11 is 0. The van der Waals surface area contributed by atoms with E-state index in [4.69, 9.17) is 0 Å². The summed E-state index contributed by atoms with van der Waals surface area (Å²) in [6.45, 7) is 0.0343. The lowest BCUT2D eigenvalue weighted by atomic mass is 10.1. The average Bonchev–Trinajstić information content (AvgIpc) is 2.54. The lowest BCUT2D eigenvalue weighted by Gasteiger charge is -2.25. The quantitative estimate of drug-likeness (QED) is 0.766. The minimum Gasteiger partial charge on any atom is -0.301 e. The maximum absolute atomic E-state index is 13.5. The maximum Gasteiger partial charge on any atom is 0.240 e. The Bertz CT molecular complexity index is 972. The van der Waals surface area contributed by atoms with Gasteiger partial charge in [0, 0.05) is 18.8 Å². The zero-order valence-corrected chi connectivity index (χ0v) is 16.3. The Hall–Kier alpha value is -1.81. The molecule has 0 radical (unpaired) electrons. The van der Waals surface area contributed by atoms with Crippen LogP contribution in [0.15, 0.2) is 58.3 Å². The van der Waals surface area contributed by atoms with E-state index in [1.54, 1.807) is 31.1 Å². The van der Waals surface area contributed by atoms with E-state index in [1.165, 1.54) is 36.4 Å². The van der Waals surface area contributed by atoms with Crippen LogP contribution in [-0.4, -0.2) is 48.6 Å². The average molecular weight is 400 g/mol. The first kappa shape index (κ1) is 20.5. The summed E-state index contributed by atoms with van der Waals surface area (Å²) < 4.78 is 63.8.